The SMILES string of the molecule is CCN(CC(C)C#N)C(=O)NC(CC(=O)O)CC(C)(C)C. The molecule has 0 aromatic heterocycles. The summed E-state index contributed by atoms with van der Waals surface area (Å²) in [5, 5.41) is 20.6. The van der Waals surface area contributed by atoms with E-state index in [-0.39, 0.29) is 23.8 Å². The molecule has 0 aliphatic heterocycles. The molecule has 0 saturated carbocycles. The second-order valence-corrected chi connectivity index (χ2v) is 6.58. The predicted octanol–water partition coefficient (Wildman–Crippen LogP) is 2.46. The van der Waals surface area contributed by atoms with Gasteiger partial charge in [0, 0.05) is 19.1 Å². The molecular formula is C15H27N3O3. The van der Waals surface area contributed by atoms with E-state index in [4.69, 9.17) is 10.4 Å². The molecule has 2 amide bonds. The number of hydrogen-bond acceptors (Lipinski definition) is 3. The molecule has 2 N–H and O–H groups in total. The number of nitrogens with zero attached hydrogens (tertiary/aromatic N) is 2. The average molecular weight is 297 g/mol. The van der Waals surface area contributed by atoms with Crippen molar-refractivity contribution < 1.29 is 14.7 Å². The number of nitrogens with one attached hydrogen (secondary N) is 1. The summed E-state index contributed by atoms with van der Waals surface area (Å²) >= 11 is 0. The number of carboxylic acid groups (broad SMARTS) is 1. The van der Waals surface area contributed by atoms with E-state index in [1.54, 1.807) is 6.92 Å². The van der Waals surface area contributed by atoms with Crippen molar-refractivity contribution in [3.8, 4) is 6.07 Å². The Morgan fingerprint density at radius 2 is 1.95 bits per heavy atom. The maximum Gasteiger partial charge on any atom is 0.317 e. The van der Waals surface area contributed by atoms with Gasteiger partial charge in [-0.15, -0.1) is 0 Å². The summed E-state index contributed by atoms with van der Waals surface area (Å²) in [5.41, 5.74) is -0.0790. The van der Waals surface area contributed by atoms with E-state index in [0.29, 0.717) is 19.5 Å². The predicted molar refractivity (Wildman–Crippen MR) is 80.7 cm³/mol. The van der Waals surface area contributed by atoms with Crippen molar-refractivity contribution in [2.24, 2.45) is 11.3 Å². The van der Waals surface area contributed by atoms with Gasteiger partial charge in [0.1, 0.15) is 0 Å². The van der Waals surface area contributed by atoms with Crippen LogP contribution in [0.5, 0.6) is 0 Å². The van der Waals surface area contributed by atoms with Crippen LogP contribution in [0.1, 0.15) is 47.5 Å². The van der Waals surface area contributed by atoms with Crippen LogP contribution >= 0.6 is 0 Å². The summed E-state index contributed by atoms with van der Waals surface area (Å²) in [6.45, 7) is 10.4. The highest BCUT2D eigenvalue weighted by Crippen LogP contribution is 2.22. The monoisotopic (exact) mass is 297 g/mol. The lowest BCUT2D eigenvalue weighted by Gasteiger charge is -2.29. The Balaban J connectivity index is 4.77. The molecule has 21 heavy (non-hydrogen) atoms. The highest BCUT2D eigenvalue weighted by molar-refractivity contribution is 5.76. The van der Waals surface area contributed by atoms with Gasteiger partial charge in [0.15, 0.2) is 0 Å². The molecule has 6 heteroatoms. The van der Waals surface area contributed by atoms with Crippen LogP contribution in [0.25, 0.3) is 0 Å². The molecule has 0 radical (unpaired) electrons. The van der Waals surface area contributed by atoms with Gasteiger partial charge >= 0.3 is 12.0 Å². The minimum Gasteiger partial charge on any atom is -0.481 e. The van der Waals surface area contributed by atoms with Crippen molar-refractivity contribution in [2.75, 3.05) is 13.1 Å². The van der Waals surface area contributed by atoms with Gasteiger partial charge in [0.2, 0.25) is 0 Å². The first kappa shape index (κ1) is 19.2. The number of nitriles is 1. The summed E-state index contributed by atoms with van der Waals surface area (Å²) in [5.74, 6) is -1.19. The van der Waals surface area contributed by atoms with E-state index >= 15 is 0 Å². The van der Waals surface area contributed by atoms with Crippen molar-refractivity contribution in [1.29, 1.82) is 5.26 Å². The fourth-order valence-electron chi connectivity index (χ4n) is 2.12. The Hall–Kier alpha value is -1.77. The van der Waals surface area contributed by atoms with E-state index < -0.39 is 12.0 Å². The van der Waals surface area contributed by atoms with Gasteiger partial charge in [-0.05, 0) is 25.7 Å². The summed E-state index contributed by atoms with van der Waals surface area (Å²) in [7, 11) is 0. The molecule has 0 aliphatic carbocycles. The van der Waals surface area contributed by atoms with Gasteiger partial charge in [-0.3, -0.25) is 4.79 Å². The average Bonchev–Trinajstić information content (AvgIpc) is 2.32. The molecular weight excluding hydrogens is 270 g/mol. The zero-order chi connectivity index (χ0) is 16.6. The molecule has 0 aliphatic rings. The molecule has 2 unspecified atom stereocenters. The number of aliphatic carboxylic acids is 1. The van der Waals surface area contributed by atoms with Crippen molar-refractivity contribution in [1.82, 2.24) is 10.2 Å². The number of carboxylic acids is 1. The van der Waals surface area contributed by atoms with Gasteiger partial charge in [-0.25, -0.2) is 4.79 Å². The van der Waals surface area contributed by atoms with Gasteiger partial charge in [0.25, 0.3) is 0 Å². The zero-order valence-electron chi connectivity index (χ0n) is 13.6. The molecule has 0 heterocycles. The molecule has 0 aromatic rings. The first-order valence-electron chi connectivity index (χ1n) is 7.26. The topological polar surface area (TPSA) is 93.4 Å². The fraction of sp³-hybridized carbons (Fsp3) is 0.800. The quantitative estimate of drug-likeness (QED) is 0.754. The van der Waals surface area contributed by atoms with Crippen LogP contribution in [0, 0.1) is 22.7 Å². The van der Waals surface area contributed by atoms with E-state index in [0.717, 1.165) is 0 Å². The van der Waals surface area contributed by atoms with Crippen LogP contribution in [-0.2, 0) is 4.79 Å². The normalized spacial score (nSPS) is 13.9. The standard InChI is InChI=1S/C15H27N3O3/c1-6-18(10-11(2)9-16)14(21)17-12(7-13(19)20)8-15(3,4)5/h11-12H,6-8,10H2,1-5H3,(H,17,21)(H,19,20). The van der Waals surface area contributed by atoms with Crippen LogP contribution in [0.4, 0.5) is 4.79 Å². The Morgan fingerprint density at radius 1 is 1.38 bits per heavy atom. The van der Waals surface area contributed by atoms with E-state index in [2.05, 4.69) is 11.4 Å². The van der Waals surface area contributed by atoms with Gasteiger partial charge < -0.3 is 15.3 Å². The van der Waals surface area contributed by atoms with Crippen LogP contribution in [0.15, 0.2) is 0 Å². The molecule has 120 valence electrons. The largest absolute Gasteiger partial charge is 0.481 e. The van der Waals surface area contributed by atoms with Gasteiger partial charge in [0.05, 0.1) is 18.4 Å². The lowest BCUT2D eigenvalue weighted by Crippen LogP contribution is -2.47. The molecule has 0 rings (SSSR count). The van der Waals surface area contributed by atoms with Crippen molar-refractivity contribution in [3.05, 3.63) is 0 Å². The number of hydrogen-bond donors (Lipinski definition) is 2. The number of rotatable bonds is 7. The van der Waals surface area contributed by atoms with Crippen molar-refractivity contribution in [3.63, 3.8) is 0 Å². The van der Waals surface area contributed by atoms with Crippen LogP contribution in [-0.4, -0.2) is 41.1 Å². The summed E-state index contributed by atoms with van der Waals surface area (Å²) in [4.78, 5) is 24.7. The fourth-order valence-corrected chi connectivity index (χ4v) is 2.12. The lowest BCUT2D eigenvalue weighted by molar-refractivity contribution is -0.137. The Kier molecular flexibility index (Phi) is 7.79. The summed E-state index contributed by atoms with van der Waals surface area (Å²) in [6, 6.07) is 1.37. The molecule has 2 atom stereocenters. The minimum absolute atomic E-state index is 0.0790. The second kappa shape index (κ2) is 8.50. The molecule has 0 spiro atoms. The minimum atomic E-state index is -0.932. The zero-order valence-corrected chi connectivity index (χ0v) is 13.6. The maximum absolute atomic E-state index is 12.2. The first-order valence-corrected chi connectivity index (χ1v) is 7.26. The number of carbonyl (C=O) groups excluding carboxylic acids is 1. The number of urea groups is 1. The molecule has 6 nitrogen and oxygen atoms in total. The van der Waals surface area contributed by atoms with Crippen molar-refractivity contribution >= 4 is 12.0 Å². The third-order valence-electron chi connectivity index (χ3n) is 2.99. The molecule has 0 bridgehead atoms. The third kappa shape index (κ3) is 8.90. The molecule has 0 saturated heterocycles. The number of carbonyl (C=O) groups is 2. The smallest absolute Gasteiger partial charge is 0.317 e. The van der Waals surface area contributed by atoms with Crippen molar-refractivity contribution in [2.45, 2.75) is 53.5 Å². The molecule has 0 aromatic carbocycles. The van der Waals surface area contributed by atoms with Gasteiger partial charge in [-0.2, -0.15) is 5.26 Å². The van der Waals surface area contributed by atoms with E-state index in [1.807, 2.05) is 27.7 Å². The van der Waals surface area contributed by atoms with E-state index in [1.165, 1.54) is 4.90 Å². The van der Waals surface area contributed by atoms with Crippen LogP contribution in [0.3, 0.4) is 0 Å². The van der Waals surface area contributed by atoms with Crippen LogP contribution in [0.2, 0.25) is 0 Å². The molecule has 0 fully saturated rings. The lowest BCUT2D eigenvalue weighted by atomic mass is 9.87. The number of amides is 2. The summed E-state index contributed by atoms with van der Waals surface area (Å²) < 4.78 is 0. The highest BCUT2D eigenvalue weighted by atomic mass is 16.4. The van der Waals surface area contributed by atoms with Gasteiger partial charge in [-0.1, -0.05) is 20.8 Å². The maximum atomic E-state index is 12.2. The second-order valence-electron chi connectivity index (χ2n) is 6.58. The Bertz CT molecular complexity index is 396. The van der Waals surface area contributed by atoms with E-state index in [9.17, 15) is 9.59 Å². The third-order valence-corrected chi connectivity index (χ3v) is 2.99. The Morgan fingerprint density at radius 3 is 2.33 bits per heavy atom. The van der Waals surface area contributed by atoms with Crippen LogP contribution < -0.4 is 5.32 Å². The Labute approximate surface area is 127 Å². The first-order chi connectivity index (χ1) is 9.58. The summed E-state index contributed by atoms with van der Waals surface area (Å²) in [6.07, 6.45) is 0.477. The highest BCUT2D eigenvalue weighted by Gasteiger charge is 2.24.